The van der Waals surface area contributed by atoms with Gasteiger partial charge in [0.2, 0.25) is 0 Å². The molecule has 2 N–H and O–H groups in total. The molecular weight excluding hydrogens is 262 g/mol. The van der Waals surface area contributed by atoms with Crippen molar-refractivity contribution in [1.82, 2.24) is 9.88 Å². The molecule has 6 heteroatoms. The summed E-state index contributed by atoms with van der Waals surface area (Å²) < 4.78 is 5.28. The third-order valence-corrected chi connectivity index (χ3v) is 4.36. The predicted molar refractivity (Wildman–Crippen MR) is 72.9 cm³/mol. The third-order valence-electron chi connectivity index (χ3n) is 3.36. The Bertz CT molecular complexity index is 564. The largest absolute Gasteiger partial charge is 0.462 e. The third kappa shape index (κ3) is 2.29. The molecule has 5 nitrogen and oxygen atoms in total. The molecule has 0 aromatic carbocycles. The van der Waals surface area contributed by atoms with Gasteiger partial charge in [0.05, 0.1) is 12.5 Å². The predicted octanol–water partition coefficient (Wildman–Crippen LogP) is 1.97. The molecule has 2 aromatic rings. The highest BCUT2D eigenvalue weighted by Gasteiger charge is 2.29. The van der Waals surface area contributed by atoms with Crippen LogP contribution in [0.2, 0.25) is 0 Å². The summed E-state index contributed by atoms with van der Waals surface area (Å²) >= 11 is 1.36. The first kappa shape index (κ1) is 12.4. The lowest BCUT2D eigenvalue weighted by Gasteiger charge is -2.22. The zero-order valence-corrected chi connectivity index (χ0v) is 11.2. The van der Waals surface area contributed by atoms with Crippen LogP contribution in [0.1, 0.15) is 22.5 Å². The van der Waals surface area contributed by atoms with E-state index in [1.807, 2.05) is 17.0 Å². The SMILES string of the molecule is NCC1CCCN1C(=O)c1cnc(-c2ccco2)s1. The molecule has 1 aliphatic rings. The Morgan fingerprint density at radius 1 is 1.63 bits per heavy atom. The minimum Gasteiger partial charge on any atom is -0.462 e. The van der Waals surface area contributed by atoms with Crippen molar-refractivity contribution in [1.29, 1.82) is 0 Å². The molecule has 0 aliphatic carbocycles. The summed E-state index contributed by atoms with van der Waals surface area (Å²) in [5.74, 6) is 0.726. The minimum absolute atomic E-state index is 0.0308. The summed E-state index contributed by atoms with van der Waals surface area (Å²) in [6.07, 6.45) is 5.24. The molecule has 1 aliphatic heterocycles. The average Bonchev–Trinajstić information content (AvgIpc) is 3.16. The van der Waals surface area contributed by atoms with Crippen LogP contribution in [0.15, 0.2) is 29.0 Å². The van der Waals surface area contributed by atoms with Gasteiger partial charge in [-0.15, -0.1) is 11.3 Å². The van der Waals surface area contributed by atoms with E-state index >= 15 is 0 Å². The number of nitrogens with two attached hydrogens (primary N) is 1. The first-order chi connectivity index (χ1) is 9.29. The lowest BCUT2D eigenvalue weighted by atomic mass is 10.2. The fourth-order valence-electron chi connectivity index (χ4n) is 2.38. The normalized spacial score (nSPS) is 19.0. The summed E-state index contributed by atoms with van der Waals surface area (Å²) in [4.78, 5) is 19.2. The van der Waals surface area contributed by atoms with Gasteiger partial charge in [-0.25, -0.2) is 4.98 Å². The van der Waals surface area contributed by atoms with Crippen LogP contribution in [0.3, 0.4) is 0 Å². The number of likely N-dealkylation sites (tertiary alicyclic amines) is 1. The van der Waals surface area contributed by atoms with Gasteiger partial charge in [0.1, 0.15) is 4.88 Å². The zero-order chi connectivity index (χ0) is 13.2. The van der Waals surface area contributed by atoms with Gasteiger partial charge in [-0.3, -0.25) is 4.79 Å². The van der Waals surface area contributed by atoms with Crippen molar-refractivity contribution in [2.24, 2.45) is 5.73 Å². The van der Waals surface area contributed by atoms with Crippen molar-refractivity contribution >= 4 is 17.2 Å². The fourth-order valence-corrected chi connectivity index (χ4v) is 3.22. The van der Waals surface area contributed by atoms with Gasteiger partial charge in [-0.2, -0.15) is 0 Å². The molecule has 1 amide bonds. The number of rotatable bonds is 3. The van der Waals surface area contributed by atoms with Crippen LogP contribution in [0.4, 0.5) is 0 Å². The molecule has 3 heterocycles. The quantitative estimate of drug-likeness (QED) is 0.931. The zero-order valence-electron chi connectivity index (χ0n) is 10.4. The van der Waals surface area contributed by atoms with Gasteiger partial charge >= 0.3 is 0 Å². The van der Waals surface area contributed by atoms with Crippen molar-refractivity contribution in [3.05, 3.63) is 29.5 Å². The number of thiazole rings is 1. The van der Waals surface area contributed by atoms with Gasteiger partial charge in [-0.05, 0) is 25.0 Å². The number of carbonyl (C=O) groups is 1. The van der Waals surface area contributed by atoms with E-state index < -0.39 is 0 Å². The molecule has 1 unspecified atom stereocenters. The average molecular weight is 277 g/mol. The first-order valence-corrected chi connectivity index (χ1v) is 7.12. The lowest BCUT2D eigenvalue weighted by Crippen LogP contribution is -2.39. The Kier molecular flexibility index (Phi) is 3.35. The van der Waals surface area contributed by atoms with Crippen molar-refractivity contribution in [2.75, 3.05) is 13.1 Å². The highest BCUT2D eigenvalue weighted by atomic mass is 32.1. The van der Waals surface area contributed by atoms with Crippen molar-refractivity contribution < 1.29 is 9.21 Å². The summed E-state index contributed by atoms with van der Waals surface area (Å²) in [7, 11) is 0. The highest BCUT2D eigenvalue weighted by Crippen LogP contribution is 2.28. The van der Waals surface area contributed by atoms with Gasteiger partial charge < -0.3 is 15.1 Å². The van der Waals surface area contributed by atoms with Crippen molar-refractivity contribution in [2.45, 2.75) is 18.9 Å². The first-order valence-electron chi connectivity index (χ1n) is 6.30. The van der Waals surface area contributed by atoms with Gasteiger partial charge in [-0.1, -0.05) is 0 Å². The van der Waals surface area contributed by atoms with Crippen molar-refractivity contribution in [3.63, 3.8) is 0 Å². The number of nitrogens with zero attached hydrogens (tertiary/aromatic N) is 2. The standard InChI is InChI=1S/C13H15N3O2S/c14-7-9-3-1-5-16(9)13(17)11-8-15-12(19-11)10-4-2-6-18-10/h2,4,6,8-9H,1,3,5,7,14H2. The molecule has 0 spiro atoms. The monoisotopic (exact) mass is 277 g/mol. The van der Waals surface area contributed by atoms with E-state index in [0.29, 0.717) is 17.2 Å². The summed E-state index contributed by atoms with van der Waals surface area (Å²) in [6.45, 7) is 1.31. The molecule has 1 atom stereocenters. The molecular formula is C13H15N3O2S. The second kappa shape index (κ2) is 5.14. The number of hydrogen-bond donors (Lipinski definition) is 1. The van der Waals surface area contributed by atoms with E-state index in [4.69, 9.17) is 10.2 Å². The Morgan fingerprint density at radius 2 is 2.53 bits per heavy atom. The van der Waals surface area contributed by atoms with Gasteiger partial charge in [0.15, 0.2) is 10.8 Å². The maximum Gasteiger partial charge on any atom is 0.265 e. The summed E-state index contributed by atoms with van der Waals surface area (Å²) in [6, 6.07) is 3.82. The van der Waals surface area contributed by atoms with Crippen LogP contribution in [0.25, 0.3) is 10.8 Å². The van der Waals surface area contributed by atoms with E-state index in [-0.39, 0.29) is 11.9 Å². The fraction of sp³-hybridized carbons (Fsp3) is 0.385. The lowest BCUT2D eigenvalue weighted by molar-refractivity contribution is 0.0746. The van der Waals surface area contributed by atoms with Gasteiger partial charge in [0.25, 0.3) is 5.91 Å². The number of amides is 1. The molecule has 1 fully saturated rings. The maximum atomic E-state index is 12.4. The molecule has 100 valence electrons. The molecule has 0 bridgehead atoms. The number of carbonyl (C=O) groups excluding carboxylic acids is 1. The second-order valence-electron chi connectivity index (χ2n) is 4.54. The van der Waals surface area contributed by atoms with E-state index in [1.165, 1.54) is 11.3 Å². The summed E-state index contributed by atoms with van der Waals surface area (Å²) in [5, 5.41) is 0.733. The minimum atomic E-state index is 0.0308. The van der Waals surface area contributed by atoms with Crippen LogP contribution in [-0.2, 0) is 0 Å². The number of aromatic nitrogens is 1. The Labute approximate surface area is 115 Å². The molecule has 1 saturated heterocycles. The van der Waals surface area contributed by atoms with Gasteiger partial charge in [0, 0.05) is 19.1 Å². The molecule has 19 heavy (non-hydrogen) atoms. The number of hydrogen-bond acceptors (Lipinski definition) is 5. The van der Waals surface area contributed by atoms with E-state index in [1.54, 1.807) is 12.5 Å². The molecule has 2 aromatic heterocycles. The summed E-state index contributed by atoms with van der Waals surface area (Å²) in [5.41, 5.74) is 5.70. The van der Waals surface area contributed by atoms with Crippen molar-refractivity contribution in [3.8, 4) is 10.8 Å². The van der Waals surface area contributed by atoms with E-state index in [2.05, 4.69) is 4.98 Å². The van der Waals surface area contributed by atoms with Crippen LogP contribution < -0.4 is 5.73 Å². The Hall–Kier alpha value is -1.66. The number of furan rings is 1. The van der Waals surface area contributed by atoms with E-state index in [9.17, 15) is 4.79 Å². The Morgan fingerprint density at radius 3 is 3.26 bits per heavy atom. The smallest absolute Gasteiger partial charge is 0.265 e. The molecule has 0 saturated carbocycles. The van der Waals surface area contributed by atoms with Crippen LogP contribution in [0, 0.1) is 0 Å². The van der Waals surface area contributed by atoms with Crippen LogP contribution in [-0.4, -0.2) is 34.9 Å². The maximum absolute atomic E-state index is 12.4. The van der Waals surface area contributed by atoms with Crippen LogP contribution >= 0.6 is 11.3 Å². The molecule has 0 radical (unpaired) electrons. The topological polar surface area (TPSA) is 72.4 Å². The van der Waals surface area contributed by atoms with Crippen LogP contribution in [0.5, 0.6) is 0 Å². The molecule has 3 rings (SSSR count). The Balaban J connectivity index is 1.81. The highest BCUT2D eigenvalue weighted by molar-refractivity contribution is 7.16. The van der Waals surface area contributed by atoms with E-state index in [0.717, 1.165) is 24.4 Å². The second-order valence-corrected chi connectivity index (χ2v) is 5.57.